The van der Waals surface area contributed by atoms with Crippen LogP contribution in [0.15, 0.2) is 51.5 Å². The van der Waals surface area contributed by atoms with E-state index in [0.29, 0.717) is 23.3 Å². The average molecular weight is 242 g/mol. The Labute approximate surface area is 102 Å². The molecular weight excluding hydrogens is 232 g/mol. The molecule has 0 saturated carbocycles. The third kappa shape index (κ3) is 1.68. The zero-order chi connectivity index (χ0) is 12.5. The van der Waals surface area contributed by atoms with E-state index in [9.17, 15) is 9.90 Å². The van der Waals surface area contributed by atoms with Gasteiger partial charge in [-0.2, -0.15) is 0 Å². The number of hydrogen-bond acceptors (Lipinski definition) is 3. The molecule has 0 aliphatic rings. The molecule has 0 radical (unpaired) electrons. The van der Waals surface area contributed by atoms with Crippen molar-refractivity contribution >= 4 is 16.9 Å². The van der Waals surface area contributed by atoms with E-state index in [1.54, 1.807) is 18.4 Å². The monoisotopic (exact) mass is 242 g/mol. The van der Waals surface area contributed by atoms with Gasteiger partial charge in [0, 0.05) is 17.4 Å². The lowest BCUT2D eigenvalue weighted by atomic mass is 10.1. The summed E-state index contributed by atoms with van der Waals surface area (Å²) in [5.74, 6) is -0.371. The highest BCUT2D eigenvalue weighted by atomic mass is 16.4. The van der Waals surface area contributed by atoms with E-state index in [-0.39, 0.29) is 5.76 Å². The molecule has 4 nitrogen and oxygen atoms in total. The molecule has 2 heterocycles. The van der Waals surface area contributed by atoms with Gasteiger partial charge in [0.25, 0.3) is 0 Å². The molecule has 3 aromatic rings. The fourth-order valence-corrected chi connectivity index (χ4v) is 2.03. The van der Waals surface area contributed by atoms with Gasteiger partial charge in [0.2, 0.25) is 5.76 Å². The standard InChI is InChI=1S/C14H10O4/c15-14(16)13-11(8-9-4-3-7-17-9)10-5-1-2-6-12(10)18-13/h1-7H,8H2,(H,15,16). The van der Waals surface area contributed by atoms with Crippen molar-refractivity contribution in [3.63, 3.8) is 0 Å². The second kappa shape index (κ2) is 4.07. The van der Waals surface area contributed by atoms with E-state index in [1.807, 2.05) is 24.3 Å². The zero-order valence-corrected chi connectivity index (χ0v) is 9.42. The summed E-state index contributed by atoms with van der Waals surface area (Å²) < 4.78 is 10.6. The van der Waals surface area contributed by atoms with Crippen LogP contribution in [0.4, 0.5) is 0 Å². The molecule has 2 aromatic heterocycles. The molecule has 0 atom stereocenters. The molecule has 0 aliphatic heterocycles. The first-order valence-corrected chi connectivity index (χ1v) is 5.52. The van der Waals surface area contributed by atoms with E-state index in [0.717, 1.165) is 5.39 Å². The maximum absolute atomic E-state index is 11.2. The van der Waals surface area contributed by atoms with E-state index in [1.165, 1.54) is 0 Å². The minimum atomic E-state index is -1.06. The molecule has 3 rings (SSSR count). The van der Waals surface area contributed by atoms with Crippen LogP contribution in [0.3, 0.4) is 0 Å². The Balaban J connectivity index is 2.18. The van der Waals surface area contributed by atoms with E-state index in [2.05, 4.69) is 0 Å². The normalized spacial score (nSPS) is 10.9. The molecule has 0 bridgehead atoms. The van der Waals surface area contributed by atoms with Gasteiger partial charge in [0.1, 0.15) is 11.3 Å². The van der Waals surface area contributed by atoms with Crippen molar-refractivity contribution in [3.8, 4) is 0 Å². The zero-order valence-electron chi connectivity index (χ0n) is 9.42. The maximum atomic E-state index is 11.2. The quantitative estimate of drug-likeness (QED) is 0.765. The molecule has 90 valence electrons. The second-order valence-corrected chi connectivity index (χ2v) is 3.97. The first-order chi connectivity index (χ1) is 8.75. The number of carboxylic acids is 1. The van der Waals surface area contributed by atoms with Gasteiger partial charge < -0.3 is 13.9 Å². The molecule has 4 heteroatoms. The number of aromatic carboxylic acids is 1. The minimum Gasteiger partial charge on any atom is -0.475 e. The molecule has 0 spiro atoms. The number of hydrogen-bond donors (Lipinski definition) is 1. The van der Waals surface area contributed by atoms with Gasteiger partial charge in [-0.05, 0) is 18.2 Å². The third-order valence-corrected chi connectivity index (χ3v) is 2.82. The van der Waals surface area contributed by atoms with Crippen molar-refractivity contribution in [1.82, 2.24) is 0 Å². The minimum absolute atomic E-state index is 0.0207. The number of furan rings is 2. The Morgan fingerprint density at radius 2 is 2.00 bits per heavy atom. The van der Waals surface area contributed by atoms with Crippen LogP contribution in [0.2, 0.25) is 0 Å². The lowest BCUT2D eigenvalue weighted by molar-refractivity contribution is 0.0663. The summed E-state index contributed by atoms with van der Waals surface area (Å²) in [7, 11) is 0. The molecule has 0 fully saturated rings. The summed E-state index contributed by atoms with van der Waals surface area (Å²) in [5, 5.41) is 9.98. The van der Waals surface area contributed by atoms with Crippen LogP contribution in [0, 0.1) is 0 Å². The number of para-hydroxylation sites is 1. The first kappa shape index (κ1) is 10.7. The highest BCUT2D eigenvalue weighted by Crippen LogP contribution is 2.28. The molecule has 0 saturated heterocycles. The topological polar surface area (TPSA) is 63.6 Å². The van der Waals surface area contributed by atoms with Gasteiger partial charge in [-0.1, -0.05) is 18.2 Å². The smallest absolute Gasteiger partial charge is 0.372 e. The van der Waals surface area contributed by atoms with Crippen LogP contribution in [0.25, 0.3) is 11.0 Å². The molecule has 0 aliphatic carbocycles. The molecule has 0 unspecified atom stereocenters. The van der Waals surface area contributed by atoms with Crippen molar-refractivity contribution in [3.05, 3.63) is 59.7 Å². The van der Waals surface area contributed by atoms with Gasteiger partial charge in [-0.25, -0.2) is 4.79 Å². The first-order valence-electron chi connectivity index (χ1n) is 5.52. The van der Waals surface area contributed by atoms with Crippen molar-refractivity contribution in [2.75, 3.05) is 0 Å². The van der Waals surface area contributed by atoms with Gasteiger partial charge in [0.15, 0.2) is 0 Å². The molecular formula is C14H10O4. The van der Waals surface area contributed by atoms with E-state index < -0.39 is 5.97 Å². The lowest BCUT2D eigenvalue weighted by Gasteiger charge is -1.97. The summed E-state index contributed by atoms with van der Waals surface area (Å²) >= 11 is 0. The maximum Gasteiger partial charge on any atom is 0.372 e. The number of carbonyl (C=O) groups is 1. The largest absolute Gasteiger partial charge is 0.475 e. The highest BCUT2D eigenvalue weighted by molar-refractivity contribution is 5.95. The van der Waals surface area contributed by atoms with Crippen LogP contribution in [-0.4, -0.2) is 11.1 Å². The van der Waals surface area contributed by atoms with Crippen LogP contribution in [0.5, 0.6) is 0 Å². The molecule has 18 heavy (non-hydrogen) atoms. The second-order valence-electron chi connectivity index (χ2n) is 3.97. The van der Waals surface area contributed by atoms with E-state index >= 15 is 0 Å². The summed E-state index contributed by atoms with van der Waals surface area (Å²) in [5.41, 5.74) is 1.23. The Bertz CT molecular complexity index is 692. The van der Waals surface area contributed by atoms with Crippen molar-refractivity contribution in [1.29, 1.82) is 0 Å². The summed E-state index contributed by atoms with van der Waals surface area (Å²) in [4.78, 5) is 11.2. The Morgan fingerprint density at radius 1 is 1.17 bits per heavy atom. The van der Waals surface area contributed by atoms with Crippen LogP contribution in [-0.2, 0) is 6.42 Å². The Morgan fingerprint density at radius 3 is 2.72 bits per heavy atom. The fourth-order valence-electron chi connectivity index (χ4n) is 2.03. The highest BCUT2D eigenvalue weighted by Gasteiger charge is 2.20. The van der Waals surface area contributed by atoms with Gasteiger partial charge in [-0.15, -0.1) is 0 Å². The number of benzene rings is 1. The predicted octanol–water partition coefficient (Wildman–Crippen LogP) is 3.31. The Kier molecular flexibility index (Phi) is 2.41. The number of fused-ring (bicyclic) bond motifs is 1. The summed E-state index contributed by atoms with van der Waals surface area (Å²) in [6.07, 6.45) is 1.98. The van der Waals surface area contributed by atoms with Crippen LogP contribution < -0.4 is 0 Å². The van der Waals surface area contributed by atoms with E-state index in [4.69, 9.17) is 8.83 Å². The molecule has 0 amide bonds. The van der Waals surface area contributed by atoms with Gasteiger partial charge in [-0.3, -0.25) is 0 Å². The summed E-state index contributed by atoms with van der Waals surface area (Å²) in [6.45, 7) is 0. The summed E-state index contributed by atoms with van der Waals surface area (Å²) in [6, 6.07) is 10.9. The van der Waals surface area contributed by atoms with Gasteiger partial charge in [0.05, 0.1) is 6.26 Å². The lowest BCUT2D eigenvalue weighted by Crippen LogP contribution is -1.99. The van der Waals surface area contributed by atoms with Crippen molar-refractivity contribution < 1.29 is 18.7 Å². The van der Waals surface area contributed by atoms with Crippen LogP contribution >= 0.6 is 0 Å². The number of rotatable bonds is 3. The van der Waals surface area contributed by atoms with Crippen LogP contribution in [0.1, 0.15) is 21.9 Å². The molecule has 1 aromatic carbocycles. The fraction of sp³-hybridized carbons (Fsp3) is 0.0714. The third-order valence-electron chi connectivity index (χ3n) is 2.82. The average Bonchev–Trinajstić information content (AvgIpc) is 2.98. The van der Waals surface area contributed by atoms with Crippen molar-refractivity contribution in [2.45, 2.75) is 6.42 Å². The number of carboxylic acid groups (broad SMARTS) is 1. The SMILES string of the molecule is O=C(O)c1oc2ccccc2c1Cc1ccco1. The molecule has 1 N–H and O–H groups in total. The predicted molar refractivity (Wildman–Crippen MR) is 64.7 cm³/mol. The Hall–Kier alpha value is -2.49. The van der Waals surface area contributed by atoms with Crippen molar-refractivity contribution in [2.24, 2.45) is 0 Å². The van der Waals surface area contributed by atoms with Gasteiger partial charge >= 0.3 is 5.97 Å².